The second kappa shape index (κ2) is 4.45. The highest BCUT2D eigenvalue weighted by atomic mass is 16.6. The summed E-state index contributed by atoms with van der Waals surface area (Å²) in [6, 6.07) is 0. The van der Waals surface area contributed by atoms with Gasteiger partial charge in [-0.2, -0.15) is 0 Å². The molecule has 0 spiro atoms. The molecule has 70 valence electrons. The number of nitrogens with one attached hydrogen (secondary N) is 1. The van der Waals surface area contributed by atoms with Gasteiger partial charge in [0.05, 0.1) is 12.7 Å². The first kappa shape index (κ1) is 9.52. The van der Waals surface area contributed by atoms with Gasteiger partial charge < -0.3 is 10.1 Å². The third kappa shape index (κ3) is 3.22. The van der Waals surface area contributed by atoms with Crippen molar-refractivity contribution in [2.24, 2.45) is 5.92 Å². The van der Waals surface area contributed by atoms with E-state index in [9.17, 15) is 4.79 Å². The lowest BCUT2D eigenvalue weighted by atomic mass is 10.1. The van der Waals surface area contributed by atoms with Crippen molar-refractivity contribution in [2.45, 2.75) is 32.8 Å². The highest BCUT2D eigenvalue weighted by Gasteiger charge is 2.21. The van der Waals surface area contributed by atoms with Crippen LogP contribution in [-0.2, 0) is 9.53 Å². The van der Waals surface area contributed by atoms with Gasteiger partial charge >= 0.3 is 0 Å². The van der Waals surface area contributed by atoms with E-state index in [0.29, 0.717) is 6.10 Å². The fourth-order valence-electron chi connectivity index (χ4n) is 0.951. The van der Waals surface area contributed by atoms with E-state index in [4.69, 9.17) is 4.74 Å². The van der Waals surface area contributed by atoms with Crippen LogP contribution in [0.2, 0.25) is 0 Å². The predicted molar refractivity (Wildman–Crippen MR) is 46.8 cm³/mol. The molecule has 1 saturated heterocycles. The molecule has 2 atom stereocenters. The van der Waals surface area contributed by atoms with E-state index in [0.717, 1.165) is 26.0 Å². The first-order valence-corrected chi connectivity index (χ1v) is 4.63. The number of epoxide rings is 1. The first-order valence-electron chi connectivity index (χ1n) is 4.63. The highest BCUT2D eigenvalue weighted by Crippen LogP contribution is 2.12. The number of ether oxygens (including phenoxy) is 1. The van der Waals surface area contributed by atoms with Crippen molar-refractivity contribution >= 4 is 5.91 Å². The molecule has 1 fully saturated rings. The molecule has 1 aliphatic heterocycles. The van der Waals surface area contributed by atoms with E-state index in [1.165, 1.54) is 0 Å². The van der Waals surface area contributed by atoms with Crippen LogP contribution in [0.1, 0.15) is 26.7 Å². The molecule has 1 amide bonds. The summed E-state index contributed by atoms with van der Waals surface area (Å²) in [7, 11) is 0. The molecule has 0 aliphatic carbocycles. The van der Waals surface area contributed by atoms with Crippen molar-refractivity contribution in [3.05, 3.63) is 0 Å². The lowest BCUT2D eigenvalue weighted by Gasteiger charge is -2.08. The lowest BCUT2D eigenvalue weighted by molar-refractivity contribution is -0.124. The van der Waals surface area contributed by atoms with Gasteiger partial charge in [-0.15, -0.1) is 0 Å². The second-order valence-electron chi connectivity index (χ2n) is 3.34. The monoisotopic (exact) mass is 171 g/mol. The Bertz CT molecular complexity index is 155. The summed E-state index contributed by atoms with van der Waals surface area (Å²) in [5, 5.41) is 2.89. The lowest BCUT2D eigenvalue weighted by Crippen LogP contribution is -2.30. The number of rotatable bonds is 5. The molecule has 0 radical (unpaired) electrons. The third-order valence-electron chi connectivity index (χ3n) is 2.23. The van der Waals surface area contributed by atoms with Crippen LogP contribution in [0.5, 0.6) is 0 Å². The molecule has 1 N–H and O–H groups in total. The molecular weight excluding hydrogens is 154 g/mol. The van der Waals surface area contributed by atoms with Crippen molar-refractivity contribution in [3.63, 3.8) is 0 Å². The number of carbonyl (C=O) groups excluding carboxylic acids is 1. The van der Waals surface area contributed by atoms with Crippen LogP contribution in [0.4, 0.5) is 0 Å². The summed E-state index contributed by atoms with van der Waals surface area (Å²) in [4.78, 5) is 11.2. The molecule has 3 heteroatoms. The van der Waals surface area contributed by atoms with Gasteiger partial charge in [0.2, 0.25) is 5.91 Å². The van der Waals surface area contributed by atoms with E-state index in [2.05, 4.69) is 5.32 Å². The van der Waals surface area contributed by atoms with Crippen molar-refractivity contribution in [1.29, 1.82) is 0 Å². The minimum absolute atomic E-state index is 0.144. The van der Waals surface area contributed by atoms with Crippen LogP contribution in [0.15, 0.2) is 0 Å². The topological polar surface area (TPSA) is 41.6 Å². The Balaban J connectivity index is 2.00. The van der Waals surface area contributed by atoms with E-state index < -0.39 is 0 Å². The summed E-state index contributed by atoms with van der Waals surface area (Å²) < 4.78 is 5.03. The van der Waals surface area contributed by atoms with Crippen LogP contribution >= 0.6 is 0 Å². The molecule has 1 heterocycles. The number of hydrogen-bond acceptors (Lipinski definition) is 2. The summed E-state index contributed by atoms with van der Waals surface area (Å²) in [6.07, 6.45) is 2.29. The fraction of sp³-hybridized carbons (Fsp3) is 0.889. The molecule has 0 aromatic heterocycles. The molecule has 12 heavy (non-hydrogen) atoms. The van der Waals surface area contributed by atoms with Crippen LogP contribution < -0.4 is 5.32 Å². The van der Waals surface area contributed by atoms with Gasteiger partial charge in [0.15, 0.2) is 0 Å². The molecular formula is C9H17NO2. The summed E-state index contributed by atoms with van der Waals surface area (Å²) in [5.74, 6) is 0.309. The first-order chi connectivity index (χ1) is 5.74. The van der Waals surface area contributed by atoms with Crippen LogP contribution in [-0.4, -0.2) is 25.2 Å². The Morgan fingerprint density at radius 3 is 2.92 bits per heavy atom. The number of carbonyl (C=O) groups is 1. The van der Waals surface area contributed by atoms with Gasteiger partial charge in [-0.3, -0.25) is 4.79 Å². The molecule has 0 saturated carbocycles. The number of hydrogen-bond donors (Lipinski definition) is 1. The maximum absolute atomic E-state index is 11.2. The maximum Gasteiger partial charge on any atom is 0.222 e. The Labute approximate surface area is 73.5 Å². The number of amides is 1. The Hall–Kier alpha value is -0.570. The van der Waals surface area contributed by atoms with Gasteiger partial charge in [-0.1, -0.05) is 13.8 Å². The summed E-state index contributed by atoms with van der Waals surface area (Å²) in [5.41, 5.74) is 0. The molecule has 1 aliphatic rings. The highest BCUT2D eigenvalue weighted by molar-refractivity contribution is 5.78. The van der Waals surface area contributed by atoms with Crippen molar-refractivity contribution in [1.82, 2.24) is 5.32 Å². The molecule has 3 nitrogen and oxygen atoms in total. The molecule has 0 aromatic rings. The van der Waals surface area contributed by atoms with Crippen LogP contribution in [0.3, 0.4) is 0 Å². The molecule has 0 aromatic carbocycles. The fourth-order valence-corrected chi connectivity index (χ4v) is 0.951. The van der Waals surface area contributed by atoms with E-state index in [1.807, 2.05) is 13.8 Å². The van der Waals surface area contributed by atoms with Gasteiger partial charge in [0, 0.05) is 12.5 Å². The summed E-state index contributed by atoms with van der Waals surface area (Å²) in [6.45, 7) is 5.60. The minimum atomic E-state index is 0.144. The van der Waals surface area contributed by atoms with Crippen molar-refractivity contribution in [2.75, 3.05) is 13.2 Å². The van der Waals surface area contributed by atoms with Gasteiger partial charge in [0.25, 0.3) is 0 Å². The zero-order valence-electron chi connectivity index (χ0n) is 7.80. The summed E-state index contributed by atoms with van der Waals surface area (Å²) >= 11 is 0. The second-order valence-corrected chi connectivity index (χ2v) is 3.34. The van der Waals surface area contributed by atoms with Gasteiger partial charge in [-0.05, 0) is 12.8 Å². The molecule has 0 bridgehead atoms. The Kier molecular flexibility index (Phi) is 3.53. The normalized spacial score (nSPS) is 23.3. The standard InChI is InChI=1S/C9H17NO2/c1-3-7(2)9(11)10-5-4-8-6-12-8/h7-8H,3-6H2,1-2H3,(H,10,11). The smallest absolute Gasteiger partial charge is 0.222 e. The average molecular weight is 171 g/mol. The maximum atomic E-state index is 11.2. The molecule has 2 unspecified atom stereocenters. The Morgan fingerprint density at radius 2 is 2.42 bits per heavy atom. The van der Waals surface area contributed by atoms with Crippen LogP contribution in [0, 0.1) is 5.92 Å². The van der Waals surface area contributed by atoms with Crippen molar-refractivity contribution < 1.29 is 9.53 Å². The van der Waals surface area contributed by atoms with E-state index in [1.54, 1.807) is 0 Å². The average Bonchev–Trinajstić information content (AvgIpc) is 2.86. The van der Waals surface area contributed by atoms with E-state index >= 15 is 0 Å². The zero-order valence-corrected chi connectivity index (χ0v) is 7.80. The minimum Gasteiger partial charge on any atom is -0.373 e. The van der Waals surface area contributed by atoms with Crippen LogP contribution in [0.25, 0.3) is 0 Å². The molecule has 1 rings (SSSR count). The SMILES string of the molecule is CCC(C)C(=O)NCCC1CO1. The predicted octanol–water partition coefficient (Wildman–Crippen LogP) is 0.938. The zero-order chi connectivity index (χ0) is 8.97. The third-order valence-corrected chi connectivity index (χ3v) is 2.23. The largest absolute Gasteiger partial charge is 0.373 e. The van der Waals surface area contributed by atoms with E-state index in [-0.39, 0.29) is 11.8 Å². The quantitative estimate of drug-likeness (QED) is 0.625. The Morgan fingerprint density at radius 1 is 1.75 bits per heavy atom. The van der Waals surface area contributed by atoms with Gasteiger partial charge in [-0.25, -0.2) is 0 Å². The van der Waals surface area contributed by atoms with Gasteiger partial charge in [0.1, 0.15) is 0 Å². The van der Waals surface area contributed by atoms with Crippen molar-refractivity contribution in [3.8, 4) is 0 Å².